The third-order valence-corrected chi connectivity index (χ3v) is 5.87. The Morgan fingerprint density at radius 2 is 1.95 bits per heavy atom. The van der Waals surface area contributed by atoms with E-state index in [1.165, 1.54) is 10.6 Å². The SMILES string of the molecule is CC(C)CN1C(=O)C2(CCN(S(C)(=O)=O)C2)c2ccccc21. The Kier molecular flexibility index (Phi) is 3.57. The van der Waals surface area contributed by atoms with Gasteiger partial charge in [0.2, 0.25) is 15.9 Å². The molecule has 1 fully saturated rings. The van der Waals surface area contributed by atoms with E-state index in [2.05, 4.69) is 13.8 Å². The lowest BCUT2D eigenvalue weighted by molar-refractivity contribution is -0.122. The molecule has 0 radical (unpaired) electrons. The summed E-state index contributed by atoms with van der Waals surface area (Å²) in [6.45, 7) is 5.50. The van der Waals surface area contributed by atoms with E-state index >= 15 is 0 Å². The summed E-state index contributed by atoms with van der Waals surface area (Å²) in [4.78, 5) is 14.9. The van der Waals surface area contributed by atoms with Gasteiger partial charge in [0.05, 0.1) is 11.7 Å². The van der Waals surface area contributed by atoms with E-state index in [9.17, 15) is 13.2 Å². The molecule has 6 heteroatoms. The Morgan fingerprint density at radius 1 is 1.27 bits per heavy atom. The fourth-order valence-corrected chi connectivity index (χ4v) is 4.47. The largest absolute Gasteiger partial charge is 0.311 e. The van der Waals surface area contributed by atoms with E-state index in [0.29, 0.717) is 25.4 Å². The number of benzene rings is 1. The summed E-state index contributed by atoms with van der Waals surface area (Å²) in [5.41, 5.74) is 1.22. The maximum atomic E-state index is 13.1. The standard InChI is InChI=1S/C16H22N2O3S/c1-12(2)10-18-14-7-5-4-6-13(14)16(15(18)19)8-9-17(11-16)22(3,20)21/h4-7,12H,8-11H2,1-3H3. The van der Waals surface area contributed by atoms with Crippen molar-refractivity contribution in [3.8, 4) is 0 Å². The smallest absolute Gasteiger partial charge is 0.239 e. The first-order valence-electron chi connectivity index (χ1n) is 7.62. The molecule has 2 heterocycles. The fraction of sp³-hybridized carbons (Fsp3) is 0.562. The van der Waals surface area contributed by atoms with Gasteiger partial charge < -0.3 is 4.90 Å². The van der Waals surface area contributed by atoms with Crippen LogP contribution in [-0.4, -0.2) is 44.5 Å². The Morgan fingerprint density at radius 3 is 2.55 bits per heavy atom. The maximum absolute atomic E-state index is 13.1. The molecule has 0 aromatic heterocycles. The van der Waals surface area contributed by atoms with Gasteiger partial charge in [-0.15, -0.1) is 0 Å². The van der Waals surface area contributed by atoms with Gasteiger partial charge in [-0.2, -0.15) is 0 Å². The molecule has 2 aliphatic heterocycles. The van der Waals surface area contributed by atoms with Crippen molar-refractivity contribution < 1.29 is 13.2 Å². The van der Waals surface area contributed by atoms with Crippen LogP contribution in [0.5, 0.6) is 0 Å². The average Bonchev–Trinajstić information content (AvgIpc) is 2.97. The Labute approximate surface area is 132 Å². The van der Waals surface area contributed by atoms with Gasteiger partial charge >= 0.3 is 0 Å². The first kappa shape index (κ1) is 15.5. The lowest BCUT2D eigenvalue weighted by Gasteiger charge is -2.25. The number of para-hydroxylation sites is 1. The first-order valence-corrected chi connectivity index (χ1v) is 9.47. The van der Waals surface area contributed by atoms with Crippen LogP contribution in [0.3, 0.4) is 0 Å². The van der Waals surface area contributed by atoms with Gasteiger partial charge in [-0.1, -0.05) is 32.0 Å². The van der Waals surface area contributed by atoms with Gasteiger partial charge in [-0.3, -0.25) is 4.79 Å². The molecule has 120 valence electrons. The highest BCUT2D eigenvalue weighted by molar-refractivity contribution is 7.88. The molecule has 0 aliphatic carbocycles. The van der Waals surface area contributed by atoms with Crippen LogP contribution in [0.4, 0.5) is 5.69 Å². The highest BCUT2D eigenvalue weighted by Gasteiger charge is 2.55. The van der Waals surface area contributed by atoms with Gasteiger partial charge in [0.25, 0.3) is 0 Å². The van der Waals surface area contributed by atoms with Crippen molar-refractivity contribution in [2.24, 2.45) is 5.92 Å². The van der Waals surface area contributed by atoms with Crippen molar-refractivity contribution >= 4 is 21.6 Å². The number of nitrogens with zero attached hydrogens (tertiary/aromatic N) is 2. The molecule has 0 N–H and O–H groups in total. The molecule has 3 rings (SSSR count). The van der Waals surface area contributed by atoms with Crippen molar-refractivity contribution in [2.75, 3.05) is 30.8 Å². The number of amides is 1. The minimum Gasteiger partial charge on any atom is -0.311 e. The molecule has 0 saturated carbocycles. The number of sulfonamides is 1. The summed E-state index contributed by atoms with van der Waals surface area (Å²) in [5.74, 6) is 0.410. The van der Waals surface area contributed by atoms with Gasteiger partial charge in [0.15, 0.2) is 0 Å². The molecule has 1 unspecified atom stereocenters. The molecule has 1 spiro atoms. The number of carbonyl (C=O) groups excluding carboxylic acids is 1. The second kappa shape index (κ2) is 5.06. The highest BCUT2D eigenvalue weighted by atomic mass is 32.2. The van der Waals surface area contributed by atoms with Gasteiger partial charge in [-0.05, 0) is 24.0 Å². The average molecular weight is 322 g/mol. The summed E-state index contributed by atoms with van der Waals surface area (Å²) in [6.07, 6.45) is 1.77. The third kappa shape index (κ3) is 2.25. The predicted molar refractivity (Wildman–Crippen MR) is 86.3 cm³/mol. The number of hydrogen-bond donors (Lipinski definition) is 0. The van der Waals surface area contributed by atoms with Crippen molar-refractivity contribution in [1.82, 2.24) is 4.31 Å². The third-order valence-electron chi connectivity index (χ3n) is 4.62. The number of anilines is 1. The lowest BCUT2D eigenvalue weighted by Crippen LogP contribution is -2.44. The molecule has 1 atom stereocenters. The van der Waals surface area contributed by atoms with Crippen LogP contribution in [0, 0.1) is 5.92 Å². The van der Waals surface area contributed by atoms with Gasteiger partial charge in [0, 0.05) is 25.3 Å². The number of carbonyl (C=O) groups is 1. The summed E-state index contributed by atoms with van der Waals surface area (Å²) in [5, 5.41) is 0. The molecular weight excluding hydrogens is 300 g/mol. The predicted octanol–water partition coefficient (Wildman–Crippen LogP) is 1.59. The summed E-state index contributed by atoms with van der Waals surface area (Å²) >= 11 is 0. The van der Waals surface area contributed by atoms with E-state index < -0.39 is 15.4 Å². The Bertz CT molecular complexity index is 714. The monoisotopic (exact) mass is 322 g/mol. The molecule has 5 nitrogen and oxygen atoms in total. The number of hydrogen-bond acceptors (Lipinski definition) is 3. The van der Waals surface area contributed by atoms with Crippen LogP contribution in [0.2, 0.25) is 0 Å². The van der Waals surface area contributed by atoms with Crippen LogP contribution in [0.1, 0.15) is 25.8 Å². The molecular formula is C16H22N2O3S. The topological polar surface area (TPSA) is 57.7 Å². The molecule has 1 saturated heterocycles. The molecule has 1 aromatic carbocycles. The second-order valence-corrected chi connectivity index (χ2v) is 8.74. The number of rotatable bonds is 3. The zero-order chi connectivity index (χ0) is 16.1. The van der Waals surface area contributed by atoms with Crippen molar-refractivity contribution in [1.29, 1.82) is 0 Å². The Hall–Kier alpha value is -1.40. The fourth-order valence-electron chi connectivity index (χ4n) is 3.60. The summed E-state index contributed by atoms with van der Waals surface area (Å²) < 4.78 is 25.1. The highest BCUT2D eigenvalue weighted by Crippen LogP contribution is 2.47. The lowest BCUT2D eigenvalue weighted by atomic mass is 9.81. The minimum absolute atomic E-state index is 0.0496. The zero-order valence-corrected chi connectivity index (χ0v) is 14.1. The molecule has 22 heavy (non-hydrogen) atoms. The minimum atomic E-state index is -3.27. The number of fused-ring (bicyclic) bond motifs is 2. The van der Waals surface area contributed by atoms with Crippen molar-refractivity contribution in [2.45, 2.75) is 25.7 Å². The molecule has 0 bridgehead atoms. The van der Waals surface area contributed by atoms with Crippen LogP contribution < -0.4 is 4.90 Å². The van der Waals surface area contributed by atoms with E-state index in [1.807, 2.05) is 29.2 Å². The molecule has 1 amide bonds. The second-order valence-electron chi connectivity index (χ2n) is 6.76. The van der Waals surface area contributed by atoms with Gasteiger partial charge in [-0.25, -0.2) is 12.7 Å². The molecule has 2 aliphatic rings. The van der Waals surface area contributed by atoms with Crippen LogP contribution >= 0.6 is 0 Å². The van der Waals surface area contributed by atoms with E-state index in [1.54, 1.807) is 0 Å². The van der Waals surface area contributed by atoms with E-state index in [0.717, 1.165) is 11.3 Å². The van der Waals surface area contributed by atoms with Crippen molar-refractivity contribution in [3.05, 3.63) is 29.8 Å². The van der Waals surface area contributed by atoms with E-state index in [-0.39, 0.29) is 12.5 Å². The van der Waals surface area contributed by atoms with Crippen LogP contribution in [0.25, 0.3) is 0 Å². The summed E-state index contributed by atoms with van der Waals surface area (Å²) in [6, 6.07) is 7.80. The Balaban J connectivity index is 2.05. The quantitative estimate of drug-likeness (QED) is 0.849. The maximum Gasteiger partial charge on any atom is 0.239 e. The van der Waals surface area contributed by atoms with Crippen molar-refractivity contribution in [3.63, 3.8) is 0 Å². The molecule has 1 aromatic rings. The first-order chi connectivity index (χ1) is 10.3. The van der Waals surface area contributed by atoms with E-state index in [4.69, 9.17) is 0 Å². The zero-order valence-electron chi connectivity index (χ0n) is 13.2. The van der Waals surface area contributed by atoms with Gasteiger partial charge in [0.1, 0.15) is 0 Å². The summed E-state index contributed by atoms with van der Waals surface area (Å²) in [7, 11) is -3.27. The van der Waals surface area contributed by atoms with Crippen LogP contribution in [0.15, 0.2) is 24.3 Å². The van der Waals surface area contributed by atoms with Crippen LogP contribution in [-0.2, 0) is 20.2 Å². The normalized spacial score (nSPS) is 25.5.